The highest BCUT2D eigenvalue weighted by atomic mass is 16.6. The number of hydrogen-bond acceptors (Lipinski definition) is 3. The summed E-state index contributed by atoms with van der Waals surface area (Å²) in [6, 6.07) is 0. The molecule has 1 atom stereocenters. The molecule has 0 N–H and O–H groups in total. The third kappa shape index (κ3) is 5.50. The quantitative estimate of drug-likeness (QED) is 0.800. The molecule has 0 aromatic rings. The Morgan fingerprint density at radius 3 is 2.33 bits per heavy atom. The smallest absolute Gasteiger partial charge is 0.410 e. The van der Waals surface area contributed by atoms with Gasteiger partial charge in [-0.2, -0.15) is 0 Å². The van der Waals surface area contributed by atoms with Crippen LogP contribution < -0.4 is 0 Å². The van der Waals surface area contributed by atoms with E-state index in [9.17, 15) is 4.79 Å². The van der Waals surface area contributed by atoms with Crippen LogP contribution in [0, 0.1) is 11.8 Å². The minimum atomic E-state index is -0.389. The maximum absolute atomic E-state index is 12.0. The third-order valence-corrected chi connectivity index (χ3v) is 4.63. The minimum Gasteiger partial charge on any atom is -0.444 e. The molecule has 122 valence electrons. The molecular formula is C17H32N2O2. The van der Waals surface area contributed by atoms with Crippen molar-refractivity contribution in [1.82, 2.24) is 9.80 Å². The number of carbonyl (C=O) groups excluding carboxylic acids is 1. The number of nitrogens with zero attached hydrogens (tertiary/aromatic N) is 2. The Balaban J connectivity index is 1.65. The first-order chi connectivity index (χ1) is 9.83. The molecule has 0 aromatic carbocycles. The van der Waals surface area contributed by atoms with E-state index in [0.29, 0.717) is 0 Å². The van der Waals surface area contributed by atoms with E-state index in [1.807, 2.05) is 25.7 Å². The standard InChI is InChI=1S/C17H32N2O2/c1-14-5-9-18(13-14)10-6-15-7-11-19(12-8-15)16(20)21-17(2,3)4/h14-15H,5-13H2,1-4H3/t14-/m0/s1. The second kappa shape index (κ2) is 6.99. The van der Waals surface area contributed by atoms with Gasteiger partial charge in [0.2, 0.25) is 0 Å². The van der Waals surface area contributed by atoms with Crippen LogP contribution in [0.4, 0.5) is 4.79 Å². The molecule has 2 aliphatic rings. The fraction of sp³-hybridized carbons (Fsp3) is 0.941. The number of amides is 1. The Kier molecular flexibility index (Phi) is 5.53. The fourth-order valence-corrected chi connectivity index (χ4v) is 3.33. The summed E-state index contributed by atoms with van der Waals surface area (Å²) in [5.74, 6) is 1.65. The Labute approximate surface area is 129 Å². The average Bonchev–Trinajstić information content (AvgIpc) is 2.81. The van der Waals surface area contributed by atoms with Crippen molar-refractivity contribution in [3.63, 3.8) is 0 Å². The number of ether oxygens (including phenoxy) is 1. The van der Waals surface area contributed by atoms with Gasteiger partial charge in [0, 0.05) is 19.6 Å². The maximum Gasteiger partial charge on any atom is 0.410 e. The van der Waals surface area contributed by atoms with Gasteiger partial charge in [-0.25, -0.2) is 4.79 Å². The van der Waals surface area contributed by atoms with E-state index in [1.54, 1.807) is 0 Å². The molecular weight excluding hydrogens is 264 g/mol. The molecule has 2 rings (SSSR count). The molecule has 0 aliphatic carbocycles. The summed E-state index contributed by atoms with van der Waals surface area (Å²) in [6.45, 7) is 13.6. The Morgan fingerprint density at radius 2 is 1.81 bits per heavy atom. The highest BCUT2D eigenvalue weighted by Gasteiger charge is 2.27. The van der Waals surface area contributed by atoms with Crippen molar-refractivity contribution in [2.45, 2.75) is 59.0 Å². The van der Waals surface area contributed by atoms with Gasteiger partial charge < -0.3 is 14.5 Å². The summed E-state index contributed by atoms with van der Waals surface area (Å²) >= 11 is 0. The zero-order valence-corrected chi connectivity index (χ0v) is 14.2. The van der Waals surface area contributed by atoms with E-state index in [1.165, 1.54) is 32.5 Å². The van der Waals surface area contributed by atoms with Crippen LogP contribution in [0.3, 0.4) is 0 Å². The lowest BCUT2D eigenvalue weighted by Crippen LogP contribution is -2.42. The molecule has 4 heteroatoms. The molecule has 0 bridgehead atoms. The van der Waals surface area contributed by atoms with Gasteiger partial charge in [0.25, 0.3) is 0 Å². The molecule has 0 spiro atoms. The normalized spacial score (nSPS) is 25.3. The second-order valence-electron chi connectivity index (χ2n) is 7.89. The van der Waals surface area contributed by atoms with E-state index in [-0.39, 0.29) is 11.7 Å². The fourth-order valence-electron chi connectivity index (χ4n) is 3.33. The Bertz CT molecular complexity index is 343. The number of rotatable bonds is 3. The Morgan fingerprint density at radius 1 is 1.14 bits per heavy atom. The molecule has 2 aliphatic heterocycles. The van der Waals surface area contributed by atoms with Gasteiger partial charge in [-0.3, -0.25) is 0 Å². The van der Waals surface area contributed by atoms with Gasteiger partial charge >= 0.3 is 6.09 Å². The lowest BCUT2D eigenvalue weighted by Gasteiger charge is -2.34. The van der Waals surface area contributed by atoms with Gasteiger partial charge in [-0.15, -0.1) is 0 Å². The van der Waals surface area contributed by atoms with Gasteiger partial charge in [0.05, 0.1) is 0 Å². The molecule has 0 saturated carbocycles. The van der Waals surface area contributed by atoms with Crippen molar-refractivity contribution >= 4 is 6.09 Å². The zero-order chi connectivity index (χ0) is 15.5. The zero-order valence-electron chi connectivity index (χ0n) is 14.2. The van der Waals surface area contributed by atoms with Crippen LogP contribution in [0.5, 0.6) is 0 Å². The van der Waals surface area contributed by atoms with Crippen molar-refractivity contribution in [3.05, 3.63) is 0 Å². The first-order valence-electron chi connectivity index (χ1n) is 8.54. The molecule has 0 radical (unpaired) electrons. The van der Waals surface area contributed by atoms with Crippen molar-refractivity contribution in [2.24, 2.45) is 11.8 Å². The van der Waals surface area contributed by atoms with E-state index in [0.717, 1.165) is 37.8 Å². The van der Waals surface area contributed by atoms with Crippen molar-refractivity contribution in [3.8, 4) is 0 Å². The second-order valence-corrected chi connectivity index (χ2v) is 7.89. The van der Waals surface area contributed by atoms with Gasteiger partial charge in [-0.05, 0) is 71.4 Å². The van der Waals surface area contributed by atoms with E-state index < -0.39 is 0 Å². The minimum absolute atomic E-state index is 0.144. The molecule has 0 aromatic heterocycles. The van der Waals surface area contributed by atoms with E-state index >= 15 is 0 Å². The molecule has 1 amide bonds. The highest BCUT2D eigenvalue weighted by Crippen LogP contribution is 2.24. The third-order valence-electron chi connectivity index (χ3n) is 4.63. The molecule has 2 fully saturated rings. The van der Waals surface area contributed by atoms with Crippen LogP contribution in [-0.4, -0.2) is 54.2 Å². The van der Waals surface area contributed by atoms with Gasteiger partial charge in [-0.1, -0.05) is 6.92 Å². The summed E-state index contributed by atoms with van der Waals surface area (Å²) in [5, 5.41) is 0. The number of hydrogen-bond donors (Lipinski definition) is 0. The molecule has 0 unspecified atom stereocenters. The average molecular weight is 296 g/mol. The number of likely N-dealkylation sites (tertiary alicyclic amines) is 2. The predicted octanol–water partition coefficient (Wildman–Crippen LogP) is 3.37. The summed E-state index contributed by atoms with van der Waals surface area (Å²) in [5.41, 5.74) is -0.389. The van der Waals surface area contributed by atoms with Gasteiger partial charge in [0.1, 0.15) is 5.60 Å². The SMILES string of the molecule is C[C@H]1CCN(CCC2CCN(C(=O)OC(C)(C)C)CC2)C1. The number of piperidine rings is 1. The Hall–Kier alpha value is -0.770. The lowest BCUT2D eigenvalue weighted by atomic mass is 9.93. The van der Waals surface area contributed by atoms with Crippen LogP contribution in [0.15, 0.2) is 0 Å². The number of carbonyl (C=O) groups is 1. The van der Waals surface area contributed by atoms with Crippen LogP contribution in [0.1, 0.15) is 53.4 Å². The maximum atomic E-state index is 12.0. The summed E-state index contributed by atoms with van der Waals surface area (Å²) < 4.78 is 5.44. The summed E-state index contributed by atoms with van der Waals surface area (Å²) in [7, 11) is 0. The molecule has 21 heavy (non-hydrogen) atoms. The van der Waals surface area contributed by atoms with Crippen LogP contribution in [-0.2, 0) is 4.74 Å². The first-order valence-corrected chi connectivity index (χ1v) is 8.54. The highest BCUT2D eigenvalue weighted by molar-refractivity contribution is 5.68. The van der Waals surface area contributed by atoms with Crippen molar-refractivity contribution in [1.29, 1.82) is 0 Å². The van der Waals surface area contributed by atoms with E-state index in [2.05, 4.69) is 11.8 Å². The van der Waals surface area contributed by atoms with Gasteiger partial charge in [0.15, 0.2) is 0 Å². The summed E-state index contributed by atoms with van der Waals surface area (Å²) in [6.07, 6.45) is 4.76. The predicted molar refractivity (Wildman–Crippen MR) is 85.4 cm³/mol. The monoisotopic (exact) mass is 296 g/mol. The van der Waals surface area contributed by atoms with Crippen LogP contribution >= 0.6 is 0 Å². The summed E-state index contributed by atoms with van der Waals surface area (Å²) in [4.78, 5) is 16.5. The van der Waals surface area contributed by atoms with Crippen molar-refractivity contribution < 1.29 is 9.53 Å². The molecule has 2 heterocycles. The first kappa shape index (κ1) is 16.6. The van der Waals surface area contributed by atoms with Crippen molar-refractivity contribution in [2.75, 3.05) is 32.7 Å². The van der Waals surface area contributed by atoms with Crippen LogP contribution in [0.2, 0.25) is 0 Å². The van der Waals surface area contributed by atoms with E-state index in [4.69, 9.17) is 4.74 Å². The molecule has 4 nitrogen and oxygen atoms in total. The lowest BCUT2D eigenvalue weighted by molar-refractivity contribution is 0.0178. The molecule has 2 saturated heterocycles. The largest absolute Gasteiger partial charge is 0.444 e. The topological polar surface area (TPSA) is 32.8 Å². The van der Waals surface area contributed by atoms with Crippen LogP contribution in [0.25, 0.3) is 0 Å².